The monoisotopic (exact) mass is 378 g/mol. The van der Waals surface area contributed by atoms with Crippen molar-refractivity contribution in [1.82, 2.24) is 4.98 Å². The van der Waals surface area contributed by atoms with Crippen molar-refractivity contribution in [3.8, 4) is 17.2 Å². The summed E-state index contributed by atoms with van der Waals surface area (Å²) in [7, 11) is 1.60. The van der Waals surface area contributed by atoms with E-state index < -0.39 is 0 Å². The van der Waals surface area contributed by atoms with Gasteiger partial charge in [-0.25, -0.2) is 4.98 Å². The van der Waals surface area contributed by atoms with Crippen molar-refractivity contribution in [2.75, 3.05) is 12.4 Å². The van der Waals surface area contributed by atoms with E-state index in [1.807, 2.05) is 24.3 Å². The van der Waals surface area contributed by atoms with Gasteiger partial charge in [0.25, 0.3) is 5.91 Å². The molecule has 134 valence electrons. The van der Waals surface area contributed by atoms with Crippen molar-refractivity contribution in [2.45, 2.75) is 0 Å². The molecular weight excluding hydrogens is 364 g/mol. The quantitative estimate of drug-likeness (QED) is 0.515. The van der Waals surface area contributed by atoms with Crippen molar-refractivity contribution in [3.63, 3.8) is 0 Å². The molecule has 5 nitrogen and oxygen atoms in total. The molecular formula is C21H15ClN2O3. The number of rotatable bonds is 4. The maximum atomic E-state index is 12.4. The fraction of sp³-hybridized carbons (Fsp3) is 0.0476. The Hall–Kier alpha value is -3.31. The summed E-state index contributed by atoms with van der Waals surface area (Å²) in [6.45, 7) is 0. The van der Waals surface area contributed by atoms with Crippen LogP contribution in [0.1, 0.15) is 10.4 Å². The van der Waals surface area contributed by atoms with E-state index in [0.29, 0.717) is 39.0 Å². The zero-order chi connectivity index (χ0) is 18.8. The van der Waals surface area contributed by atoms with Gasteiger partial charge in [-0.05, 0) is 42.5 Å². The molecule has 0 saturated heterocycles. The minimum Gasteiger partial charge on any atom is -0.496 e. The van der Waals surface area contributed by atoms with Gasteiger partial charge in [0.05, 0.1) is 12.7 Å². The number of aromatic nitrogens is 1. The molecule has 4 aromatic rings. The van der Waals surface area contributed by atoms with Crippen LogP contribution in [0.25, 0.3) is 22.6 Å². The minimum absolute atomic E-state index is 0.249. The molecule has 4 rings (SSSR count). The van der Waals surface area contributed by atoms with Crippen LogP contribution in [-0.4, -0.2) is 18.0 Å². The number of oxazole rings is 1. The minimum atomic E-state index is -0.249. The summed E-state index contributed by atoms with van der Waals surface area (Å²) >= 11 is 5.94. The van der Waals surface area contributed by atoms with Gasteiger partial charge in [0, 0.05) is 22.3 Å². The number of methoxy groups -OCH3 is 1. The Labute approximate surface area is 160 Å². The highest BCUT2D eigenvalue weighted by atomic mass is 35.5. The van der Waals surface area contributed by atoms with Gasteiger partial charge in [-0.2, -0.15) is 0 Å². The maximum Gasteiger partial charge on any atom is 0.255 e. The number of carbonyl (C=O) groups excluding carboxylic acids is 1. The molecule has 1 amide bonds. The van der Waals surface area contributed by atoms with Gasteiger partial charge in [0.15, 0.2) is 5.58 Å². The number of para-hydroxylation sites is 1. The first-order valence-electron chi connectivity index (χ1n) is 8.25. The number of nitrogens with zero attached hydrogens (tertiary/aromatic N) is 1. The second-order valence-electron chi connectivity index (χ2n) is 5.87. The lowest BCUT2D eigenvalue weighted by molar-refractivity contribution is 0.102. The van der Waals surface area contributed by atoms with E-state index in [2.05, 4.69) is 10.3 Å². The van der Waals surface area contributed by atoms with Crippen molar-refractivity contribution in [1.29, 1.82) is 0 Å². The number of ether oxygens (including phenoxy) is 1. The molecule has 0 aliphatic rings. The molecule has 0 aliphatic carbocycles. The Kier molecular flexibility index (Phi) is 4.52. The third-order valence-electron chi connectivity index (χ3n) is 4.07. The maximum absolute atomic E-state index is 12.4. The molecule has 27 heavy (non-hydrogen) atoms. The summed E-state index contributed by atoms with van der Waals surface area (Å²) in [5.74, 6) is 0.889. The number of fused-ring (bicyclic) bond motifs is 1. The van der Waals surface area contributed by atoms with Gasteiger partial charge in [0.1, 0.15) is 11.3 Å². The van der Waals surface area contributed by atoms with Gasteiger partial charge >= 0.3 is 0 Å². The van der Waals surface area contributed by atoms with Gasteiger partial charge in [0.2, 0.25) is 5.89 Å². The highest BCUT2D eigenvalue weighted by molar-refractivity contribution is 6.31. The predicted octanol–water partition coefficient (Wildman–Crippen LogP) is 5.41. The van der Waals surface area contributed by atoms with Crippen LogP contribution in [0.3, 0.4) is 0 Å². The van der Waals surface area contributed by atoms with Crippen LogP contribution in [-0.2, 0) is 0 Å². The van der Waals surface area contributed by atoms with Gasteiger partial charge in [-0.15, -0.1) is 0 Å². The van der Waals surface area contributed by atoms with Crippen molar-refractivity contribution in [3.05, 3.63) is 77.3 Å². The highest BCUT2D eigenvalue weighted by Gasteiger charge is 2.14. The molecule has 1 heterocycles. The number of benzene rings is 3. The standard InChI is InChI=1S/C21H15ClN2O3/c1-26-18-8-3-2-7-16(18)21-24-17-10-9-15(12-19(17)27-21)23-20(25)13-5-4-6-14(22)11-13/h2-12H,1H3,(H,23,25). The van der Waals surface area contributed by atoms with Crippen molar-refractivity contribution >= 4 is 34.3 Å². The number of hydrogen-bond donors (Lipinski definition) is 1. The molecule has 1 aromatic heterocycles. The van der Waals surface area contributed by atoms with Crippen LogP contribution in [0.2, 0.25) is 5.02 Å². The molecule has 0 aliphatic heterocycles. The number of hydrogen-bond acceptors (Lipinski definition) is 4. The fourth-order valence-corrected chi connectivity index (χ4v) is 2.96. The lowest BCUT2D eigenvalue weighted by Crippen LogP contribution is -2.11. The summed E-state index contributed by atoms with van der Waals surface area (Å²) < 4.78 is 11.2. The molecule has 6 heteroatoms. The Bertz CT molecular complexity index is 1140. The van der Waals surface area contributed by atoms with Crippen molar-refractivity contribution in [2.24, 2.45) is 0 Å². The molecule has 0 saturated carbocycles. The summed E-state index contributed by atoms with van der Waals surface area (Å²) in [6.07, 6.45) is 0. The van der Waals surface area contributed by atoms with Gasteiger partial charge < -0.3 is 14.5 Å². The summed E-state index contributed by atoms with van der Waals surface area (Å²) in [5.41, 5.74) is 3.11. The lowest BCUT2D eigenvalue weighted by atomic mass is 10.2. The van der Waals surface area contributed by atoms with Crippen LogP contribution >= 0.6 is 11.6 Å². The first-order valence-corrected chi connectivity index (χ1v) is 8.63. The molecule has 3 aromatic carbocycles. The zero-order valence-electron chi connectivity index (χ0n) is 14.4. The molecule has 0 atom stereocenters. The summed E-state index contributed by atoms with van der Waals surface area (Å²) in [5, 5.41) is 3.35. The van der Waals surface area contributed by atoms with E-state index in [1.165, 1.54) is 0 Å². The number of carbonyl (C=O) groups is 1. The van der Waals surface area contributed by atoms with Crippen molar-refractivity contribution < 1.29 is 13.9 Å². The fourth-order valence-electron chi connectivity index (χ4n) is 2.77. The van der Waals surface area contributed by atoms with Crippen LogP contribution < -0.4 is 10.1 Å². The molecule has 0 unspecified atom stereocenters. The Balaban J connectivity index is 1.64. The van der Waals surface area contributed by atoms with Crippen LogP contribution in [0, 0.1) is 0 Å². The lowest BCUT2D eigenvalue weighted by Gasteiger charge is -2.05. The number of halogens is 1. The van der Waals surface area contributed by atoms with E-state index in [9.17, 15) is 4.79 Å². The van der Waals surface area contributed by atoms with E-state index in [4.69, 9.17) is 20.8 Å². The molecule has 0 radical (unpaired) electrons. The average molecular weight is 379 g/mol. The number of anilines is 1. The van der Waals surface area contributed by atoms with Gasteiger partial charge in [-0.1, -0.05) is 29.8 Å². The summed E-state index contributed by atoms with van der Waals surface area (Å²) in [4.78, 5) is 16.9. The summed E-state index contributed by atoms with van der Waals surface area (Å²) in [6, 6.07) is 19.6. The largest absolute Gasteiger partial charge is 0.496 e. The van der Waals surface area contributed by atoms with E-state index in [-0.39, 0.29) is 5.91 Å². The van der Waals surface area contributed by atoms with Crippen LogP contribution in [0.15, 0.2) is 71.1 Å². The Morgan fingerprint density at radius 1 is 1.07 bits per heavy atom. The number of amides is 1. The van der Waals surface area contributed by atoms with E-state index in [1.54, 1.807) is 49.6 Å². The van der Waals surface area contributed by atoms with E-state index >= 15 is 0 Å². The van der Waals surface area contributed by atoms with E-state index in [0.717, 1.165) is 5.56 Å². The Morgan fingerprint density at radius 3 is 2.74 bits per heavy atom. The Morgan fingerprint density at radius 2 is 1.93 bits per heavy atom. The number of nitrogens with one attached hydrogen (secondary N) is 1. The average Bonchev–Trinajstić information content (AvgIpc) is 3.11. The van der Waals surface area contributed by atoms with Crippen LogP contribution in [0.4, 0.5) is 5.69 Å². The third-order valence-corrected chi connectivity index (χ3v) is 4.31. The first kappa shape index (κ1) is 17.1. The topological polar surface area (TPSA) is 64.4 Å². The first-order chi connectivity index (χ1) is 13.1. The second-order valence-corrected chi connectivity index (χ2v) is 6.30. The molecule has 0 fully saturated rings. The normalized spacial score (nSPS) is 10.7. The molecule has 0 spiro atoms. The third kappa shape index (κ3) is 3.50. The van der Waals surface area contributed by atoms with Gasteiger partial charge in [-0.3, -0.25) is 4.79 Å². The highest BCUT2D eigenvalue weighted by Crippen LogP contribution is 2.32. The predicted molar refractivity (Wildman–Crippen MR) is 105 cm³/mol. The molecule has 0 bridgehead atoms. The molecule has 1 N–H and O–H groups in total. The zero-order valence-corrected chi connectivity index (χ0v) is 15.2. The smallest absolute Gasteiger partial charge is 0.255 e. The van der Waals surface area contributed by atoms with Crippen LogP contribution in [0.5, 0.6) is 5.75 Å². The second kappa shape index (κ2) is 7.13. The SMILES string of the molecule is COc1ccccc1-c1nc2ccc(NC(=O)c3cccc(Cl)c3)cc2o1.